The monoisotopic (exact) mass is 396 g/mol. The van der Waals surface area contributed by atoms with Gasteiger partial charge in [0, 0.05) is 32.2 Å². The molecule has 6 nitrogen and oxygen atoms in total. The van der Waals surface area contributed by atoms with Crippen molar-refractivity contribution >= 4 is 18.1 Å². The molecule has 0 radical (unpaired) electrons. The number of nitrogens with one attached hydrogen (secondary N) is 2. The zero-order chi connectivity index (χ0) is 19.9. The second kappa shape index (κ2) is 9.43. The molecule has 2 aromatic carbocycles. The maximum absolute atomic E-state index is 12.4. The predicted octanol–water partition coefficient (Wildman–Crippen LogP) is 3.77. The fourth-order valence-corrected chi connectivity index (χ4v) is 3.27. The zero-order valence-electron chi connectivity index (χ0n) is 16.1. The van der Waals surface area contributed by atoms with Gasteiger partial charge in [-0.3, -0.25) is 14.5 Å². The summed E-state index contributed by atoms with van der Waals surface area (Å²) in [7, 11) is 1.66. The standard InChI is InChI=1S/C21H24N4O2S/c1-15-6-5-9-16(12-15)20-23-24-21(28)25(20)11-10-19(26)22-13-17-7-3-4-8-18(17)14-27-2/h3-9,12H,10-11,13-14H2,1-2H3,(H,22,26)(H,24,28). The van der Waals surface area contributed by atoms with Crippen molar-refractivity contribution in [3.63, 3.8) is 0 Å². The molecule has 1 amide bonds. The lowest BCUT2D eigenvalue weighted by atomic mass is 10.1. The molecule has 0 atom stereocenters. The normalized spacial score (nSPS) is 10.8. The Hall–Kier alpha value is -2.77. The summed E-state index contributed by atoms with van der Waals surface area (Å²) in [6, 6.07) is 16.0. The molecule has 0 unspecified atom stereocenters. The quantitative estimate of drug-likeness (QED) is 0.569. The Morgan fingerprint density at radius 1 is 1.21 bits per heavy atom. The first-order valence-electron chi connectivity index (χ1n) is 9.13. The zero-order valence-corrected chi connectivity index (χ0v) is 16.9. The van der Waals surface area contributed by atoms with Gasteiger partial charge in [0.25, 0.3) is 0 Å². The van der Waals surface area contributed by atoms with Crippen LogP contribution in [-0.2, 0) is 29.2 Å². The summed E-state index contributed by atoms with van der Waals surface area (Å²) in [5.74, 6) is 0.706. The third kappa shape index (κ3) is 4.94. The Labute approximate surface area is 169 Å². The van der Waals surface area contributed by atoms with Crippen LogP contribution >= 0.6 is 12.2 Å². The molecule has 0 fully saturated rings. The molecule has 0 aliphatic rings. The number of aromatic amines is 1. The predicted molar refractivity (Wildman–Crippen MR) is 111 cm³/mol. The van der Waals surface area contributed by atoms with E-state index in [4.69, 9.17) is 17.0 Å². The molecule has 1 aromatic heterocycles. The lowest BCUT2D eigenvalue weighted by Gasteiger charge is -2.11. The molecule has 1 heterocycles. The Kier molecular flexibility index (Phi) is 6.73. The molecular formula is C21H24N4O2S. The number of nitrogens with zero attached hydrogens (tertiary/aromatic N) is 2. The lowest BCUT2D eigenvalue weighted by molar-refractivity contribution is -0.121. The van der Waals surface area contributed by atoms with E-state index in [1.807, 2.05) is 60.0 Å². The van der Waals surface area contributed by atoms with E-state index in [0.717, 1.165) is 28.1 Å². The van der Waals surface area contributed by atoms with Gasteiger partial charge in [-0.05, 0) is 36.3 Å². The van der Waals surface area contributed by atoms with Gasteiger partial charge in [0.05, 0.1) is 6.61 Å². The Morgan fingerprint density at radius 2 is 2.00 bits per heavy atom. The second-order valence-corrected chi connectivity index (χ2v) is 6.99. The van der Waals surface area contributed by atoms with Gasteiger partial charge in [-0.25, -0.2) is 0 Å². The smallest absolute Gasteiger partial charge is 0.222 e. The highest BCUT2D eigenvalue weighted by molar-refractivity contribution is 7.71. The van der Waals surface area contributed by atoms with Crippen molar-refractivity contribution in [2.75, 3.05) is 7.11 Å². The van der Waals surface area contributed by atoms with E-state index in [1.54, 1.807) is 7.11 Å². The summed E-state index contributed by atoms with van der Waals surface area (Å²) in [4.78, 5) is 12.4. The van der Waals surface area contributed by atoms with Gasteiger partial charge in [-0.15, -0.1) is 0 Å². The number of amides is 1. The number of hydrogen-bond acceptors (Lipinski definition) is 4. The summed E-state index contributed by atoms with van der Waals surface area (Å²) in [5.41, 5.74) is 4.24. The first kappa shape index (κ1) is 20.0. The van der Waals surface area contributed by atoms with E-state index in [-0.39, 0.29) is 5.91 Å². The number of methoxy groups -OCH3 is 1. The SMILES string of the molecule is COCc1ccccc1CNC(=O)CCn1c(-c2cccc(C)c2)n[nH]c1=S. The summed E-state index contributed by atoms with van der Waals surface area (Å²) in [5, 5.41) is 10.1. The Balaban J connectivity index is 1.63. The van der Waals surface area contributed by atoms with Crippen LogP contribution in [0.4, 0.5) is 0 Å². The number of aromatic nitrogens is 3. The first-order valence-corrected chi connectivity index (χ1v) is 9.54. The van der Waals surface area contributed by atoms with Crippen LogP contribution in [0.3, 0.4) is 0 Å². The van der Waals surface area contributed by atoms with Gasteiger partial charge < -0.3 is 10.1 Å². The molecule has 2 N–H and O–H groups in total. The van der Waals surface area contributed by atoms with E-state index >= 15 is 0 Å². The molecule has 0 bridgehead atoms. The van der Waals surface area contributed by atoms with Crippen LogP contribution in [-0.4, -0.2) is 27.8 Å². The van der Waals surface area contributed by atoms with E-state index in [1.165, 1.54) is 0 Å². The van der Waals surface area contributed by atoms with Gasteiger partial charge >= 0.3 is 0 Å². The van der Waals surface area contributed by atoms with Crippen LogP contribution in [0.25, 0.3) is 11.4 Å². The van der Waals surface area contributed by atoms with Crippen molar-refractivity contribution in [3.8, 4) is 11.4 Å². The molecule has 0 saturated heterocycles. The van der Waals surface area contributed by atoms with Crippen molar-refractivity contribution < 1.29 is 9.53 Å². The van der Waals surface area contributed by atoms with Crippen LogP contribution in [0.15, 0.2) is 48.5 Å². The van der Waals surface area contributed by atoms with Crippen molar-refractivity contribution in [1.29, 1.82) is 0 Å². The molecule has 3 aromatic rings. The summed E-state index contributed by atoms with van der Waals surface area (Å²) >= 11 is 5.34. The average Bonchev–Trinajstić information content (AvgIpc) is 3.06. The van der Waals surface area contributed by atoms with E-state index in [2.05, 4.69) is 15.5 Å². The third-order valence-corrected chi connectivity index (χ3v) is 4.80. The number of H-pyrrole nitrogens is 1. The highest BCUT2D eigenvalue weighted by Gasteiger charge is 2.11. The van der Waals surface area contributed by atoms with Crippen molar-refractivity contribution in [2.45, 2.75) is 33.0 Å². The second-order valence-electron chi connectivity index (χ2n) is 6.60. The van der Waals surface area contributed by atoms with E-state index in [0.29, 0.717) is 30.9 Å². The maximum atomic E-state index is 12.4. The number of benzene rings is 2. The molecule has 0 aliphatic heterocycles. The maximum Gasteiger partial charge on any atom is 0.222 e. The molecule has 28 heavy (non-hydrogen) atoms. The Bertz CT molecular complexity index is 1010. The number of carbonyl (C=O) groups is 1. The highest BCUT2D eigenvalue weighted by Crippen LogP contribution is 2.19. The summed E-state index contributed by atoms with van der Waals surface area (Å²) < 4.78 is 7.58. The van der Waals surface area contributed by atoms with Crippen LogP contribution in [0, 0.1) is 11.7 Å². The minimum Gasteiger partial charge on any atom is -0.380 e. The average molecular weight is 397 g/mol. The minimum atomic E-state index is -0.0366. The van der Waals surface area contributed by atoms with Gasteiger partial charge in [0.15, 0.2) is 10.6 Å². The van der Waals surface area contributed by atoms with Gasteiger partial charge in [0.2, 0.25) is 5.91 Å². The van der Waals surface area contributed by atoms with Gasteiger partial charge in [0.1, 0.15) is 0 Å². The van der Waals surface area contributed by atoms with Crippen molar-refractivity contribution in [3.05, 3.63) is 70.0 Å². The molecule has 146 valence electrons. The van der Waals surface area contributed by atoms with Crippen molar-refractivity contribution in [1.82, 2.24) is 20.1 Å². The van der Waals surface area contributed by atoms with Crippen LogP contribution in [0.1, 0.15) is 23.1 Å². The number of rotatable bonds is 8. The molecule has 0 spiro atoms. The van der Waals surface area contributed by atoms with Gasteiger partial charge in [-0.2, -0.15) is 5.10 Å². The topological polar surface area (TPSA) is 71.9 Å². The largest absolute Gasteiger partial charge is 0.380 e. The van der Waals surface area contributed by atoms with Crippen LogP contribution in [0.2, 0.25) is 0 Å². The number of aryl methyl sites for hydroxylation is 1. The highest BCUT2D eigenvalue weighted by atomic mass is 32.1. The van der Waals surface area contributed by atoms with E-state index in [9.17, 15) is 4.79 Å². The Morgan fingerprint density at radius 3 is 2.75 bits per heavy atom. The first-order chi connectivity index (χ1) is 13.6. The lowest BCUT2D eigenvalue weighted by Crippen LogP contribution is -2.24. The molecule has 0 saturated carbocycles. The van der Waals surface area contributed by atoms with E-state index < -0.39 is 0 Å². The number of hydrogen-bond donors (Lipinski definition) is 2. The molecular weight excluding hydrogens is 372 g/mol. The summed E-state index contributed by atoms with van der Waals surface area (Å²) in [6.07, 6.45) is 0.319. The molecule has 3 rings (SSSR count). The molecule has 7 heteroatoms. The van der Waals surface area contributed by atoms with Crippen molar-refractivity contribution in [2.24, 2.45) is 0 Å². The van der Waals surface area contributed by atoms with Crippen LogP contribution < -0.4 is 5.32 Å². The number of ether oxygens (including phenoxy) is 1. The minimum absolute atomic E-state index is 0.0366. The summed E-state index contributed by atoms with van der Waals surface area (Å²) in [6.45, 7) is 3.49. The van der Waals surface area contributed by atoms with Crippen LogP contribution in [0.5, 0.6) is 0 Å². The van der Waals surface area contributed by atoms with Gasteiger partial charge in [-0.1, -0.05) is 48.0 Å². The fraction of sp³-hybridized carbons (Fsp3) is 0.286. The molecule has 0 aliphatic carbocycles. The third-order valence-electron chi connectivity index (χ3n) is 4.49. The fourth-order valence-electron chi connectivity index (χ4n) is 3.05. The number of carbonyl (C=O) groups excluding carboxylic acids is 1.